The summed E-state index contributed by atoms with van der Waals surface area (Å²) in [6, 6.07) is 19.1. The van der Waals surface area contributed by atoms with E-state index >= 15 is 0 Å². The van der Waals surface area contributed by atoms with Gasteiger partial charge in [0.15, 0.2) is 0 Å². The van der Waals surface area contributed by atoms with Crippen LogP contribution in [-0.2, 0) is 20.9 Å². The van der Waals surface area contributed by atoms with E-state index in [0.29, 0.717) is 19.2 Å². The van der Waals surface area contributed by atoms with Crippen LogP contribution >= 0.6 is 0 Å². The molecular formula is C29H38N2O3. The number of nitrogens with one attached hydrogen (secondary N) is 1. The summed E-state index contributed by atoms with van der Waals surface area (Å²) in [4.78, 5) is 27.8. The molecule has 0 spiro atoms. The van der Waals surface area contributed by atoms with Gasteiger partial charge < -0.3 is 15.0 Å². The van der Waals surface area contributed by atoms with Gasteiger partial charge in [-0.1, -0.05) is 67.4 Å². The van der Waals surface area contributed by atoms with E-state index in [9.17, 15) is 9.59 Å². The van der Waals surface area contributed by atoms with E-state index in [1.165, 1.54) is 5.56 Å². The summed E-state index contributed by atoms with van der Waals surface area (Å²) in [5.41, 5.74) is 3.50. The number of benzene rings is 2. The van der Waals surface area contributed by atoms with Gasteiger partial charge >= 0.3 is 0 Å². The highest BCUT2D eigenvalue weighted by Crippen LogP contribution is 2.38. The van der Waals surface area contributed by atoms with Crippen molar-refractivity contribution < 1.29 is 14.3 Å². The Kier molecular flexibility index (Phi) is 8.39. The maximum absolute atomic E-state index is 13.3. The molecule has 2 aromatic rings. The van der Waals surface area contributed by atoms with Crippen LogP contribution in [0.15, 0.2) is 54.6 Å². The van der Waals surface area contributed by atoms with Crippen LogP contribution in [-0.4, -0.2) is 36.0 Å². The van der Waals surface area contributed by atoms with Crippen LogP contribution in [0.2, 0.25) is 0 Å². The molecular weight excluding hydrogens is 424 g/mol. The van der Waals surface area contributed by atoms with Gasteiger partial charge in [-0.25, -0.2) is 0 Å². The van der Waals surface area contributed by atoms with Crippen molar-refractivity contribution in [3.63, 3.8) is 0 Å². The minimum atomic E-state index is 0.00119. The van der Waals surface area contributed by atoms with Crippen LogP contribution in [0, 0.1) is 5.92 Å². The highest BCUT2D eigenvalue weighted by molar-refractivity contribution is 5.80. The molecule has 1 N–H and O–H groups in total. The van der Waals surface area contributed by atoms with E-state index in [4.69, 9.17) is 4.74 Å². The molecule has 4 rings (SSSR count). The summed E-state index contributed by atoms with van der Waals surface area (Å²) >= 11 is 0. The molecule has 2 aliphatic rings. The minimum Gasteiger partial charge on any atom is -0.372 e. The predicted molar refractivity (Wildman–Crippen MR) is 134 cm³/mol. The zero-order valence-corrected chi connectivity index (χ0v) is 20.5. The smallest absolute Gasteiger partial charge is 0.249 e. The van der Waals surface area contributed by atoms with E-state index < -0.39 is 0 Å². The second-order valence-electron chi connectivity index (χ2n) is 9.77. The van der Waals surface area contributed by atoms with Gasteiger partial charge in [-0.2, -0.15) is 0 Å². The average molecular weight is 463 g/mol. The summed E-state index contributed by atoms with van der Waals surface area (Å²) in [6.45, 7) is 5.30. The Morgan fingerprint density at radius 2 is 1.71 bits per heavy atom. The fourth-order valence-electron chi connectivity index (χ4n) is 5.14. The Balaban J connectivity index is 1.40. The van der Waals surface area contributed by atoms with Crippen molar-refractivity contribution in [1.82, 2.24) is 10.2 Å². The van der Waals surface area contributed by atoms with Crippen LogP contribution in [0.4, 0.5) is 0 Å². The lowest BCUT2D eigenvalue weighted by Crippen LogP contribution is -2.37. The maximum atomic E-state index is 13.3. The predicted octanol–water partition coefficient (Wildman–Crippen LogP) is 5.37. The first kappa shape index (κ1) is 24.5. The Morgan fingerprint density at radius 3 is 2.38 bits per heavy atom. The maximum Gasteiger partial charge on any atom is 0.249 e. The van der Waals surface area contributed by atoms with Crippen molar-refractivity contribution in [1.29, 1.82) is 0 Å². The molecule has 3 atom stereocenters. The Morgan fingerprint density at radius 1 is 1.00 bits per heavy atom. The molecule has 0 aromatic heterocycles. The van der Waals surface area contributed by atoms with E-state index in [0.717, 1.165) is 49.7 Å². The molecule has 2 saturated carbocycles. The fraction of sp³-hybridized carbons (Fsp3) is 0.517. The first-order valence-electron chi connectivity index (χ1n) is 12.9. The molecule has 2 fully saturated rings. The number of hydrogen-bond donors (Lipinski definition) is 1. The van der Waals surface area contributed by atoms with Gasteiger partial charge in [0.2, 0.25) is 11.8 Å². The van der Waals surface area contributed by atoms with Crippen molar-refractivity contribution in [3.05, 3.63) is 71.3 Å². The number of amides is 2. The summed E-state index contributed by atoms with van der Waals surface area (Å²) in [5.74, 6) is 0.475. The van der Waals surface area contributed by atoms with Crippen molar-refractivity contribution in [2.24, 2.45) is 5.92 Å². The second kappa shape index (κ2) is 11.7. The lowest BCUT2D eigenvalue weighted by molar-refractivity contribution is -0.137. The molecule has 0 saturated heterocycles. The number of hydrogen-bond acceptors (Lipinski definition) is 3. The molecule has 182 valence electrons. The van der Waals surface area contributed by atoms with Crippen LogP contribution < -0.4 is 5.32 Å². The first-order chi connectivity index (χ1) is 16.6. The lowest BCUT2D eigenvalue weighted by atomic mass is 9.74. The van der Waals surface area contributed by atoms with E-state index in [-0.39, 0.29) is 36.3 Å². The fourth-order valence-corrected chi connectivity index (χ4v) is 5.14. The second-order valence-corrected chi connectivity index (χ2v) is 9.77. The van der Waals surface area contributed by atoms with Gasteiger partial charge in [-0.15, -0.1) is 0 Å². The molecule has 5 heteroatoms. The lowest BCUT2D eigenvalue weighted by Gasteiger charge is -2.32. The Labute approximate surface area is 203 Å². The average Bonchev–Trinajstić information content (AvgIpc) is 3.72. The molecule has 2 aromatic carbocycles. The quantitative estimate of drug-likeness (QED) is 0.517. The van der Waals surface area contributed by atoms with Gasteiger partial charge in [0.05, 0.1) is 6.04 Å². The van der Waals surface area contributed by atoms with Crippen LogP contribution in [0.25, 0.3) is 0 Å². The third-order valence-corrected chi connectivity index (χ3v) is 7.26. The van der Waals surface area contributed by atoms with Gasteiger partial charge in [0.25, 0.3) is 0 Å². The van der Waals surface area contributed by atoms with Crippen LogP contribution in [0.1, 0.15) is 81.0 Å². The van der Waals surface area contributed by atoms with Crippen LogP contribution in [0.3, 0.4) is 0 Å². The molecule has 0 heterocycles. The Hall–Kier alpha value is -2.66. The SMILES string of the molecule is CCOCC(=O)N(Cc1ccc([C@H]2CCCCC2C(=O)N[C@@H](C)c2ccccc2)cc1)C1CC1. The minimum absolute atomic E-state index is 0.00119. The molecule has 5 nitrogen and oxygen atoms in total. The van der Waals surface area contributed by atoms with E-state index in [2.05, 4.69) is 48.6 Å². The van der Waals surface area contributed by atoms with Gasteiger partial charge in [-0.3, -0.25) is 9.59 Å². The zero-order valence-electron chi connectivity index (χ0n) is 20.5. The van der Waals surface area contributed by atoms with Crippen molar-refractivity contribution >= 4 is 11.8 Å². The Bertz CT molecular complexity index is 940. The molecule has 2 amide bonds. The number of carbonyl (C=O) groups excluding carboxylic acids is 2. The number of rotatable bonds is 10. The summed E-state index contributed by atoms with van der Waals surface area (Å²) in [6.07, 6.45) is 6.39. The first-order valence-corrected chi connectivity index (χ1v) is 12.9. The topological polar surface area (TPSA) is 58.6 Å². The zero-order chi connectivity index (χ0) is 23.9. The highest BCUT2D eigenvalue weighted by Gasteiger charge is 2.34. The van der Waals surface area contributed by atoms with Gasteiger partial charge in [0, 0.05) is 25.1 Å². The summed E-state index contributed by atoms with van der Waals surface area (Å²) in [5, 5.41) is 3.26. The van der Waals surface area contributed by atoms with Crippen molar-refractivity contribution in [2.45, 2.75) is 76.9 Å². The molecule has 34 heavy (non-hydrogen) atoms. The highest BCUT2D eigenvalue weighted by atomic mass is 16.5. The molecule has 1 unspecified atom stereocenters. The van der Waals surface area contributed by atoms with E-state index in [1.807, 2.05) is 30.0 Å². The summed E-state index contributed by atoms with van der Waals surface area (Å²) < 4.78 is 5.35. The van der Waals surface area contributed by atoms with Gasteiger partial charge in [-0.05, 0) is 62.1 Å². The number of carbonyl (C=O) groups is 2. The molecule has 0 aliphatic heterocycles. The normalized spacial score (nSPS) is 21.0. The largest absolute Gasteiger partial charge is 0.372 e. The number of ether oxygens (including phenoxy) is 1. The van der Waals surface area contributed by atoms with Crippen molar-refractivity contribution in [3.8, 4) is 0 Å². The monoisotopic (exact) mass is 462 g/mol. The number of nitrogens with zero attached hydrogens (tertiary/aromatic N) is 1. The molecule has 2 aliphatic carbocycles. The van der Waals surface area contributed by atoms with Crippen LogP contribution in [0.5, 0.6) is 0 Å². The third kappa shape index (κ3) is 6.26. The standard InChI is InChI=1S/C29H38N2O3/c1-3-34-20-28(32)31(25-17-18-25)19-22-13-15-24(16-14-22)26-11-7-8-12-27(26)29(33)30-21(2)23-9-5-4-6-10-23/h4-6,9-10,13-16,21,25-27H,3,7-8,11-12,17-20H2,1-2H3,(H,30,33)/t21-,26+,27?/m0/s1. The summed E-state index contributed by atoms with van der Waals surface area (Å²) in [7, 11) is 0. The third-order valence-electron chi connectivity index (χ3n) is 7.26. The molecule has 0 radical (unpaired) electrons. The van der Waals surface area contributed by atoms with Crippen molar-refractivity contribution in [2.75, 3.05) is 13.2 Å². The van der Waals surface area contributed by atoms with Gasteiger partial charge in [0.1, 0.15) is 6.61 Å². The molecule has 0 bridgehead atoms. The van der Waals surface area contributed by atoms with E-state index in [1.54, 1.807) is 0 Å².